The van der Waals surface area contributed by atoms with Crippen LogP contribution in [-0.2, 0) is 14.8 Å². The normalized spacial score (nSPS) is 24.4. The van der Waals surface area contributed by atoms with E-state index in [1.54, 1.807) is 24.3 Å². The molecule has 0 unspecified atom stereocenters. The first kappa shape index (κ1) is 11.6. The van der Waals surface area contributed by atoms with E-state index in [0.29, 0.717) is 11.4 Å². The first-order chi connectivity index (χ1) is 7.49. The molecule has 0 radical (unpaired) electrons. The van der Waals surface area contributed by atoms with Crippen LogP contribution in [0.25, 0.3) is 0 Å². The minimum Gasteiger partial charge on any atom is -0.368 e. The van der Waals surface area contributed by atoms with Crippen molar-refractivity contribution in [3.63, 3.8) is 0 Å². The maximum Gasteiger partial charge on any atom is 0.240 e. The molecule has 0 amide bonds. The molecule has 2 atom stereocenters. The van der Waals surface area contributed by atoms with Gasteiger partial charge in [0.25, 0.3) is 0 Å². The van der Waals surface area contributed by atoms with Crippen LogP contribution in [0.3, 0.4) is 0 Å². The van der Waals surface area contributed by atoms with Gasteiger partial charge in [-0.2, -0.15) is 0 Å². The summed E-state index contributed by atoms with van der Waals surface area (Å²) < 4.78 is 31.3. The summed E-state index contributed by atoms with van der Waals surface area (Å²) in [5.41, 5.74) is 1.04. The van der Waals surface area contributed by atoms with E-state index in [2.05, 4.69) is 4.72 Å². The average molecular weight is 241 g/mol. The molecule has 0 aliphatic carbocycles. The van der Waals surface area contributed by atoms with E-state index in [4.69, 9.17) is 4.74 Å². The van der Waals surface area contributed by atoms with Gasteiger partial charge in [0.2, 0.25) is 10.0 Å². The van der Waals surface area contributed by atoms with Gasteiger partial charge in [-0.15, -0.1) is 0 Å². The van der Waals surface area contributed by atoms with Gasteiger partial charge in [-0.05, 0) is 26.0 Å². The van der Waals surface area contributed by atoms with Gasteiger partial charge in [-0.3, -0.25) is 0 Å². The SMILES string of the molecule is Cc1ccc(S(=O)(=O)NC[C@@H]2O[C@H]2C)cc1. The van der Waals surface area contributed by atoms with Crippen LogP contribution < -0.4 is 4.72 Å². The maximum absolute atomic E-state index is 11.8. The molecule has 16 heavy (non-hydrogen) atoms. The highest BCUT2D eigenvalue weighted by molar-refractivity contribution is 7.89. The lowest BCUT2D eigenvalue weighted by Crippen LogP contribution is -2.28. The van der Waals surface area contributed by atoms with Crippen LogP contribution >= 0.6 is 0 Å². The van der Waals surface area contributed by atoms with Crippen molar-refractivity contribution in [1.29, 1.82) is 0 Å². The van der Waals surface area contributed by atoms with Gasteiger partial charge in [0.05, 0.1) is 17.1 Å². The molecule has 1 saturated heterocycles. The molecule has 1 aromatic rings. The second-order valence-corrected chi connectivity index (χ2v) is 5.81. The first-order valence-corrected chi connectivity index (χ1v) is 6.69. The van der Waals surface area contributed by atoms with Crippen molar-refractivity contribution in [2.24, 2.45) is 0 Å². The van der Waals surface area contributed by atoms with Crippen molar-refractivity contribution in [2.75, 3.05) is 6.54 Å². The molecule has 2 rings (SSSR count). The van der Waals surface area contributed by atoms with Crippen molar-refractivity contribution >= 4 is 10.0 Å². The monoisotopic (exact) mass is 241 g/mol. The van der Waals surface area contributed by atoms with Crippen molar-refractivity contribution in [2.45, 2.75) is 31.0 Å². The van der Waals surface area contributed by atoms with E-state index in [1.165, 1.54) is 0 Å². The fourth-order valence-electron chi connectivity index (χ4n) is 1.44. The summed E-state index contributed by atoms with van der Waals surface area (Å²) in [5, 5.41) is 0. The van der Waals surface area contributed by atoms with Gasteiger partial charge in [0.15, 0.2) is 0 Å². The predicted octanol–water partition coefficient (Wildman–Crippen LogP) is 1.06. The third kappa shape index (κ3) is 2.61. The van der Waals surface area contributed by atoms with Crippen LogP contribution in [0, 0.1) is 6.92 Å². The van der Waals surface area contributed by atoms with Crippen molar-refractivity contribution in [3.8, 4) is 0 Å². The highest BCUT2D eigenvalue weighted by Gasteiger charge is 2.34. The molecule has 4 nitrogen and oxygen atoms in total. The van der Waals surface area contributed by atoms with Gasteiger partial charge < -0.3 is 4.74 Å². The number of epoxide rings is 1. The Bertz CT molecular complexity index is 467. The summed E-state index contributed by atoms with van der Waals surface area (Å²) >= 11 is 0. The zero-order chi connectivity index (χ0) is 11.8. The molecule has 0 bridgehead atoms. The molecular formula is C11H15NO3S. The molecule has 1 heterocycles. The molecular weight excluding hydrogens is 226 g/mol. The second kappa shape index (κ2) is 4.16. The van der Waals surface area contributed by atoms with Gasteiger partial charge in [0.1, 0.15) is 0 Å². The summed E-state index contributed by atoms with van der Waals surface area (Å²) in [5.74, 6) is 0. The fraction of sp³-hybridized carbons (Fsp3) is 0.455. The number of ether oxygens (including phenoxy) is 1. The van der Waals surface area contributed by atoms with Crippen molar-refractivity contribution in [1.82, 2.24) is 4.72 Å². The molecule has 0 saturated carbocycles. The first-order valence-electron chi connectivity index (χ1n) is 5.21. The lowest BCUT2D eigenvalue weighted by Gasteiger charge is -2.05. The molecule has 5 heteroatoms. The van der Waals surface area contributed by atoms with Crippen LogP contribution in [0.1, 0.15) is 12.5 Å². The predicted molar refractivity (Wildman–Crippen MR) is 60.7 cm³/mol. The quantitative estimate of drug-likeness (QED) is 0.802. The zero-order valence-corrected chi connectivity index (χ0v) is 10.1. The smallest absolute Gasteiger partial charge is 0.240 e. The Kier molecular flexibility index (Phi) is 3.01. The Balaban J connectivity index is 2.03. The highest BCUT2D eigenvalue weighted by atomic mass is 32.2. The molecule has 88 valence electrons. The third-order valence-electron chi connectivity index (χ3n) is 2.64. The van der Waals surface area contributed by atoms with Crippen LogP contribution in [0.15, 0.2) is 29.2 Å². The Morgan fingerprint density at radius 3 is 2.38 bits per heavy atom. The van der Waals surface area contributed by atoms with Crippen molar-refractivity contribution < 1.29 is 13.2 Å². The van der Waals surface area contributed by atoms with Gasteiger partial charge in [-0.1, -0.05) is 17.7 Å². The molecule has 1 fully saturated rings. The fourth-order valence-corrected chi connectivity index (χ4v) is 2.48. The molecule has 0 spiro atoms. The van der Waals surface area contributed by atoms with Crippen LogP contribution in [0.2, 0.25) is 0 Å². The average Bonchev–Trinajstić information content (AvgIpc) is 2.93. The number of rotatable bonds is 4. The van der Waals surface area contributed by atoms with Gasteiger partial charge >= 0.3 is 0 Å². The molecule has 0 aromatic heterocycles. The molecule has 1 N–H and O–H groups in total. The number of sulfonamides is 1. The topological polar surface area (TPSA) is 58.7 Å². The van der Waals surface area contributed by atoms with Crippen molar-refractivity contribution in [3.05, 3.63) is 29.8 Å². The van der Waals surface area contributed by atoms with Crippen LogP contribution in [-0.4, -0.2) is 27.2 Å². The summed E-state index contributed by atoms with van der Waals surface area (Å²) in [6.07, 6.45) is 0.195. The number of benzene rings is 1. The van der Waals surface area contributed by atoms with E-state index in [1.807, 2.05) is 13.8 Å². The van der Waals surface area contributed by atoms with Gasteiger partial charge in [-0.25, -0.2) is 13.1 Å². The third-order valence-corrected chi connectivity index (χ3v) is 4.08. The lowest BCUT2D eigenvalue weighted by atomic mass is 10.2. The van der Waals surface area contributed by atoms with Crippen LogP contribution in [0.4, 0.5) is 0 Å². The Hall–Kier alpha value is -0.910. The number of nitrogens with one attached hydrogen (secondary N) is 1. The minimum atomic E-state index is -3.39. The van der Waals surface area contributed by atoms with E-state index in [9.17, 15) is 8.42 Å². The number of aryl methyl sites for hydroxylation is 1. The maximum atomic E-state index is 11.8. The highest BCUT2D eigenvalue weighted by Crippen LogP contribution is 2.20. The number of hydrogen-bond acceptors (Lipinski definition) is 3. The Morgan fingerprint density at radius 2 is 1.88 bits per heavy atom. The van der Waals surface area contributed by atoms with E-state index in [-0.39, 0.29) is 12.2 Å². The molecule has 1 aliphatic rings. The van der Waals surface area contributed by atoms with Gasteiger partial charge in [0, 0.05) is 6.54 Å². The Morgan fingerprint density at radius 1 is 1.31 bits per heavy atom. The Labute approximate surface area is 95.7 Å². The lowest BCUT2D eigenvalue weighted by molar-refractivity contribution is 0.377. The second-order valence-electron chi connectivity index (χ2n) is 4.04. The number of hydrogen-bond donors (Lipinski definition) is 1. The minimum absolute atomic E-state index is 0.0280. The summed E-state index contributed by atoms with van der Waals surface area (Å²) in [4.78, 5) is 0.298. The molecule has 1 aliphatic heterocycles. The largest absolute Gasteiger partial charge is 0.368 e. The summed E-state index contributed by atoms with van der Waals surface area (Å²) in [6, 6.07) is 6.78. The van der Waals surface area contributed by atoms with E-state index in [0.717, 1.165) is 5.56 Å². The zero-order valence-electron chi connectivity index (χ0n) is 9.30. The molecule has 1 aromatic carbocycles. The van der Waals surface area contributed by atoms with Crippen LogP contribution in [0.5, 0.6) is 0 Å². The van der Waals surface area contributed by atoms with E-state index < -0.39 is 10.0 Å². The summed E-state index contributed by atoms with van der Waals surface area (Å²) in [7, 11) is -3.39. The summed E-state index contributed by atoms with van der Waals surface area (Å²) in [6.45, 7) is 4.19. The standard InChI is InChI=1S/C11H15NO3S/c1-8-3-5-10(6-4-8)16(13,14)12-7-11-9(2)15-11/h3-6,9,11-12H,7H2,1-2H3/t9-,11-/m0/s1. The van der Waals surface area contributed by atoms with E-state index >= 15 is 0 Å².